The molecule has 0 aliphatic rings. The van der Waals surface area contributed by atoms with Crippen LogP contribution in [0, 0.1) is 5.82 Å². The van der Waals surface area contributed by atoms with Gasteiger partial charge in [-0.05, 0) is 37.3 Å². The molecule has 122 valence electrons. The molecule has 0 saturated carbocycles. The lowest BCUT2D eigenvalue weighted by Crippen LogP contribution is -2.43. The van der Waals surface area contributed by atoms with Crippen molar-refractivity contribution in [2.45, 2.75) is 12.5 Å². The number of furan rings is 1. The smallest absolute Gasteiger partial charge is 0.313 e. The van der Waals surface area contributed by atoms with E-state index in [9.17, 15) is 19.1 Å². The number of carbonyl (C=O) groups excluding carboxylic acids is 2. The number of hydrogen-bond donors (Lipinski definition) is 3. The molecule has 6 nitrogen and oxygen atoms in total. The van der Waals surface area contributed by atoms with Gasteiger partial charge in [0.2, 0.25) is 0 Å². The van der Waals surface area contributed by atoms with Gasteiger partial charge >= 0.3 is 11.8 Å². The SMILES string of the molecule is C[C@@](O)(CNC(=O)C(=O)Nc1ccc(F)c(Cl)c1)c1ccco1. The number of nitrogens with one attached hydrogen (secondary N) is 2. The zero-order chi connectivity index (χ0) is 17.0. The number of amides is 2. The molecule has 1 atom stereocenters. The Labute approximate surface area is 136 Å². The van der Waals surface area contributed by atoms with Crippen LogP contribution in [0.15, 0.2) is 41.0 Å². The highest BCUT2D eigenvalue weighted by atomic mass is 35.5. The Balaban J connectivity index is 1.92. The number of carbonyl (C=O) groups is 2. The molecule has 3 N–H and O–H groups in total. The van der Waals surface area contributed by atoms with Crippen molar-refractivity contribution in [3.63, 3.8) is 0 Å². The van der Waals surface area contributed by atoms with Crippen LogP contribution in [0.3, 0.4) is 0 Å². The van der Waals surface area contributed by atoms with Crippen molar-refractivity contribution in [2.24, 2.45) is 0 Å². The van der Waals surface area contributed by atoms with Crippen LogP contribution in [0.1, 0.15) is 12.7 Å². The maximum Gasteiger partial charge on any atom is 0.313 e. The first-order chi connectivity index (χ1) is 10.8. The summed E-state index contributed by atoms with van der Waals surface area (Å²) in [4.78, 5) is 23.5. The molecule has 0 aliphatic heterocycles. The fourth-order valence-corrected chi connectivity index (χ4v) is 1.95. The quantitative estimate of drug-likeness (QED) is 0.743. The summed E-state index contributed by atoms with van der Waals surface area (Å²) in [5.74, 6) is -2.31. The van der Waals surface area contributed by atoms with Gasteiger partial charge in [-0.1, -0.05) is 11.6 Å². The molecule has 0 fully saturated rings. The van der Waals surface area contributed by atoms with Crippen LogP contribution in [0.4, 0.5) is 10.1 Å². The lowest BCUT2D eigenvalue weighted by Gasteiger charge is -2.20. The summed E-state index contributed by atoms with van der Waals surface area (Å²) in [6.45, 7) is 1.21. The second-order valence-corrected chi connectivity index (χ2v) is 5.42. The number of hydrogen-bond acceptors (Lipinski definition) is 4. The second kappa shape index (κ2) is 6.80. The first kappa shape index (κ1) is 17.0. The van der Waals surface area contributed by atoms with Gasteiger partial charge in [0.05, 0.1) is 17.8 Å². The molecule has 0 unspecified atom stereocenters. The normalized spacial score (nSPS) is 13.2. The van der Waals surface area contributed by atoms with Gasteiger partial charge in [0.1, 0.15) is 17.2 Å². The van der Waals surface area contributed by atoms with Crippen LogP contribution in [0.5, 0.6) is 0 Å². The van der Waals surface area contributed by atoms with Crippen molar-refractivity contribution in [2.75, 3.05) is 11.9 Å². The number of halogens is 2. The van der Waals surface area contributed by atoms with Crippen LogP contribution >= 0.6 is 11.6 Å². The molecule has 0 saturated heterocycles. The van der Waals surface area contributed by atoms with Crippen LogP contribution in [-0.4, -0.2) is 23.5 Å². The van der Waals surface area contributed by atoms with E-state index in [0.29, 0.717) is 0 Å². The minimum absolute atomic E-state index is 0.175. The predicted octanol–water partition coefficient (Wildman–Crippen LogP) is 2.03. The highest BCUT2D eigenvalue weighted by molar-refractivity contribution is 6.39. The Kier molecular flexibility index (Phi) is 5.02. The third-order valence-electron chi connectivity index (χ3n) is 3.03. The highest BCUT2D eigenvalue weighted by Gasteiger charge is 2.28. The van der Waals surface area contributed by atoms with Gasteiger partial charge in [-0.25, -0.2) is 4.39 Å². The summed E-state index contributed by atoms with van der Waals surface area (Å²) >= 11 is 5.58. The molecule has 2 rings (SSSR count). The third kappa shape index (κ3) is 4.30. The lowest BCUT2D eigenvalue weighted by atomic mass is 10.0. The Morgan fingerprint density at radius 2 is 2.09 bits per heavy atom. The standard InChI is InChI=1S/C15H14ClFN2O4/c1-15(22,12-3-2-6-23-12)8-18-13(20)14(21)19-9-4-5-11(17)10(16)7-9/h2-7,22H,8H2,1H3,(H,18,20)(H,19,21)/t15-/m1/s1. The number of benzene rings is 1. The molecular weight excluding hydrogens is 327 g/mol. The minimum atomic E-state index is -1.46. The van der Waals surface area contributed by atoms with Gasteiger partial charge in [0.15, 0.2) is 0 Å². The third-order valence-corrected chi connectivity index (χ3v) is 3.32. The average molecular weight is 341 g/mol. The van der Waals surface area contributed by atoms with Crippen LogP contribution in [-0.2, 0) is 15.2 Å². The minimum Gasteiger partial charge on any atom is -0.466 e. The van der Waals surface area contributed by atoms with E-state index in [-0.39, 0.29) is 23.0 Å². The van der Waals surface area contributed by atoms with E-state index in [1.165, 1.54) is 25.3 Å². The fraction of sp³-hybridized carbons (Fsp3) is 0.200. The van der Waals surface area contributed by atoms with Crippen molar-refractivity contribution >= 4 is 29.1 Å². The monoisotopic (exact) mass is 340 g/mol. The Morgan fingerprint density at radius 1 is 1.35 bits per heavy atom. The zero-order valence-corrected chi connectivity index (χ0v) is 12.9. The molecule has 8 heteroatoms. The summed E-state index contributed by atoms with van der Waals surface area (Å²) in [6.07, 6.45) is 1.39. The van der Waals surface area contributed by atoms with E-state index >= 15 is 0 Å². The molecule has 1 aromatic carbocycles. The van der Waals surface area contributed by atoms with Crippen molar-refractivity contribution in [1.82, 2.24) is 5.32 Å². The Morgan fingerprint density at radius 3 is 2.70 bits per heavy atom. The van der Waals surface area contributed by atoms with Gasteiger partial charge in [-0.15, -0.1) is 0 Å². The maximum absolute atomic E-state index is 13.0. The highest BCUT2D eigenvalue weighted by Crippen LogP contribution is 2.20. The Hall–Kier alpha value is -2.38. The van der Waals surface area contributed by atoms with Gasteiger partial charge in [-0.2, -0.15) is 0 Å². The zero-order valence-electron chi connectivity index (χ0n) is 12.1. The molecule has 1 aromatic heterocycles. The molecule has 0 spiro atoms. The van der Waals surface area contributed by atoms with Crippen LogP contribution in [0.25, 0.3) is 0 Å². The Bertz CT molecular complexity index is 716. The van der Waals surface area contributed by atoms with Crippen LogP contribution in [0.2, 0.25) is 5.02 Å². The number of rotatable bonds is 4. The first-order valence-electron chi connectivity index (χ1n) is 6.60. The van der Waals surface area contributed by atoms with Crippen molar-refractivity contribution in [3.8, 4) is 0 Å². The summed E-state index contributed by atoms with van der Waals surface area (Å²) < 4.78 is 18.1. The average Bonchev–Trinajstić information content (AvgIpc) is 3.04. The molecule has 23 heavy (non-hydrogen) atoms. The van der Waals surface area contributed by atoms with Gasteiger partial charge in [-0.3, -0.25) is 9.59 Å². The lowest BCUT2D eigenvalue weighted by molar-refractivity contribution is -0.136. The largest absolute Gasteiger partial charge is 0.466 e. The molecule has 0 radical (unpaired) electrons. The fourth-order valence-electron chi connectivity index (χ4n) is 1.77. The van der Waals surface area contributed by atoms with E-state index in [0.717, 1.165) is 6.07 Å². The predicted molar refractivity (Wildman–Crippen MR) is 81.3 cm³/mol. The molecule has 0 aliphatic carbocycles. The topological polar surface area (TPSA) is 91.6 Å². The van der Waals surface area contributed by atoms with E-state index in [4.69, 9.17) is 16.0 Å². The molecule has 0 bridgehead atoms. The van der Waals surface area contributed by atoms with E-state index in [1.807, 2.05) is 0 Å². The van der Waals surface area contributed by atoms with Gasteiger partial charge in [0.25, 0.3) is 0 Å². The molecule has 1 heterocycles. The summed E-state index contributed by atoms with van der Waals surface area (Å²) in [5.41, 5.74) is -1.28. The van der Waals surface area contributed by atoms with Crippen molar-refractivity contribution in [3.05, 3.63) is 53.2 Å². The van der Waals surface area contributed by atoms with Gasteiger partial charge < -0.3 is 20.2 Å². The number of anilines is 1. The van der Waals surface area contributed by atoms with Gasteiger partial charge in [0, 0.05) is 5.69 Å². The second-order valence-electron chi connectivity index (χ2n) is 5.02. The van der Waals surface area contributed by atoms with Crippen LogP contribution < -0.4 is 10.6 Å². The first-order valence-corrected chi connectivity index (χ1v) is 6.98. The summed E-state index contributed by atoms with van der Waals surface area (Å²) in [5, 5.41) is 14.5. The summed E-state index contributed by atoms with van der Waals surface area (Å²) in [6, 6.07) is 6.66. The number of aliphatic hydroxyl groups is 1. The van der Waals surface area contributed by atoms with E-state index < -0.39 is 23.2 Å². The molecule has 2 aromatic rings. The molecule has 2 amide bonds. The molecular formula is C15H14ClFN2O4. The van der Waals surface area contributed by atoms with E-state index in [2.05, 4.69) is 10.6 Å². The van der Waals surface area contributed by atoms with Crippen molar-refractivity contribution in [1.29, 1.82) is 0 Å². The maximum atomic E-state index is 13.0. The van der Waals surface area contributed by atoms with Crippen molar-refractivity contribution < 1.29 is 23.5 Å². The van der Waals surface area contributed by atoms with E-state index in [1.54, 1.807) is 12.1 Å². The summed E-state index contributed by atoms with van der Waals surface area (Å²) in [7, 11) is 0.